The van der Waals surface area contributed by atoms with Crippen LogP contribution in [0, 0.1) is 17.2 Å². The van der Waals surface area contributed by atoms with Gasteiger partial charge < -0.3 is 10.2 Å². The zero-order chi connectivity index (χ0) is 13.1. The lowest BCUT2D eigenvalue weighted by Crippen LogP contribution is -2.38. The molecule has 0 heterocycles. The number of hydrogen-bond donors (Lipinski definition) is 2. The number of aliphatic hydroxyl groups is 2. The second kappa shape index (κ2) is 5.80. The highest BCUT2D eigenvalue weighted by molar-refractivity contribution is 6.30. The van der Waals surface area contributed by atoms with Crippen molar-refractivity contribution in [3.8, 4) is 0 Å². The van der Waals surface area contributed by atoms with Gasteiger partial charge in [-0.2, -0.15) is 0 Å². The summed E-state index contributed by atoms with van der Waals surface area (Å²) in [5.74, 6) is -0.433. The van der Waals surface area contributed by atoms with E-state index in [1.165, 1.54) is 6.07 Å². The summed E-state index contributed by atoms with van der Waals surface area (Å²) >= 11 is 5.71. The van der Waals surface area contributed by atoms with E-state index in [1.54, 1.807) is 12.1 Å². The summed E-state index contributed by atoms with van der Waals surface area (Å²) in [7, 11) is 0. The second-order valence-electron chi connectivity index (χ2n) is 4.72. The molecule has 2 N–H and O–H groups in total. The van der Waals surface area contributed by atoms with Crippen molar-refractivity contribution in [2.45, 2.75) is 20.3 Å². The van der Waals surface area contributed by atoms with E-state index >= 15 is 0 Å². The number of benzene rings is 1. The molecule has 1 aromatic carbocycles. The fraction of sp³-hybridized carbons (Fsp3) is 0.538. The maximum Gasteiger partial charge on any atom is 0.144 e. The maximum absolute atomic E-state index is 13.8. The first-order chi connectivity index (χ1) is 7.96. The van der Waals surface area contributed by atoms with Gasteiger partial charge in [0.2, 0.25) is 0 Å². The van der Waals surface area contributed by atoms with Crippen LogP contribution in [-0.4, -0.2) is 23.4 Å². The van der Waals surface area contributed by atoms with E-state index in [0.29, 0.717) is 5.56 Å². The Morgan fingerprint density at radius 1 is 1.29 bits per heavy atom. The zero-order valence-electron chi connectivity index (χ0n) is 10.1. The lowest BCUT2D eigenvalue weighted by molar-refractivity contribution is 0.0157. The summed E-state index contributed by atoms with van der Waals surface area (Å²) in [5, 5.41) is 19.0. The minimum atomic E-state index is -0.717. The Kier molecular flexibility index (Phi) is 4.92. The Bertz CT molecular complexity index is 376. The SMILES string of the molecule is CC(C)C(CO)(CO)Cc1cccc(Cl)c1F. The van der Waals surface area contributed by atoms with Crippen LogP contribution >= 0.6 is 11.6 Å². The molecule has 96 valence electrons. The van der Waals surface area contributed by atoms with Crippen LogP contribution in [0.5, 0.6) is 0 Å². The van der Waals surface area contributed by atoms with Gasteiger partial charge in [0.25, 0.3) is 0 Å². The lowest BCUT2D eigenvalue weighted by atomic mass is 9.74. The minimum Gasteiger partial charge on any atom is -0.396 e. The van der Waals surface area contributed by atoms with E-state index in [9.17, 15) is 14.6 Å². The van der Waals surface area contributed by atoms with Crippen LogP contribution in [0.15, 0.2) is 18.2 Å². The van der Waals surface area contributed by atoms with Gasteiger partial charge in [-0.1, -0.05) is 37.6 Å². The number of hydrogen-bond acceptors (Lipinski definition) is 2. The van der Waals surface area contributed by atoms with Crippen molar-refractivity contribution in [1.82, 2.24) is 0 Å². The summed E-state index contributed by atoms with van der Waals surface area (Å²) in [6.07, 6.45) is 0.268. The topological polar surface area (TPSA) is 40.5 Å². The van der Waals surface area contributed by atoms with Gasteiger partial charge in [0.15, 0.2) is 0 Å². The molecule has 0 aliphatic heterocycles. The Morgan fingerprint density at radius 2 is 1.88 bits per heavy atom. The standard InChI is InChI=1S/C13H18ClFO2/c1-9(2)13(7-16,8-17)6-10-4-3-5-11(14)12(10)15/h3-5,9,16-17H,6-8H2,1-2H3. The number of aliphatic hydroxyl groups excluding tert-OH is 2. The van der Waals surface area contributed by atoms with Crippen molar-refractivity contribution < 1.29 is 14.6 Å². The average molecular weight is 261 g/mol. The molecular formula is C13H18ClFO2. The fourth-order valence-corrected chi connectivity index (χ4v) is 1.99. The third-order valence-electron chi connectivity index (χ3n) is 3.43. The molecule has 0 saturated carbocycles. The molecule has 0 aliphatic rings. The Hall–Kier alpha value is -0.640. The number of rotatable bonds is 5. The Labute approximate surface area is 106 Å². The van der Waals surface area contributed by atoms with Gasteiger partial charge >= 0.3 is 0 Å². The van der Waals surface area contributed by atoms with Crippen LogP contribution in [-0.2, 0) is 6.42 Å². The first-order valence-corrected chi connectivity index (χ1v) is 5.99. The predicted octanol–water partition coefficient (Wildman–Crippen LogP) is 2.65. The molecule has 0 unspecified atom stereocenters. The molecule has 0 fully saturated rings. The normalized spacial score (nSPS) is 12.2. The van der Waals surface area contributed by atoms with E-state index in [2.05, 4.69) is 0 Å². The van der Waals surface area contributed by atoms with E-state index in [-0.39, 0.29) is 30.6 Å². The minimum absolute atomic E-state index is 0.0379. The largest absolute Gasteiger partial charge is 0.396 e. The molecule has 1 rings (SSSR count). The van der Waals surface area contributed by atoms with E-state index in [0.717, 1.165) is 0 Å². The van der Waals surface area contributed by atoms with Crippen molar-refractivity contribution in [3.63, 3.8) is 0 Å². The zero-order valence-corrected chi connectivity index (χ0v) is 10.8. The second-order valence-corrected chi connectivity index (χ2v) is 5.13. The molecular weight excluding hydrogens is 243 g/mol. The van der Waals surface area contributed by atoms with Crippen LogP contribution in [0.2, 0.25) is 5.02 Å². The van der Waals surface area contributed by atoms with Gasteiger partial charge in [-0.25, -0.2) is 4.39 Å². The van der Waals surface area contributed by atoms with Gasteiger partial charge in [0.05, 0.1) is 18.2 Å². The van der Waals surface area contributed by atoms with Crippen LogP contribution < -0.4 is 0 Å². The molecule has 4 heteroatoms. The van der Waals surface area contributed by atoms with Crippen LogP contribution in [0.3, 0.4) is 0 Å². The van der Waals surface area contributed by atoms with E-state index in [4.69, 9.17) is 11.6 Å². The van der Waals surface area contributed by atoms with Crippen LogP contribution in [0.1, 0.15) is 19.4 Å². The van der Waals surface area contributed by atoms with Gasteiger partial charge in [0, 0.05) is 5.41 Å². The van der Waals surface area contributed by atoms with Crippen molar-refractivity contribution in [3.05, 3.63) is 34.6 Å². The highest BCUT2D eigenvalue weighted by atomic mass is 35.5. The van der Waals surface area contributed by atoms with Crippen molar-refractivity contribution in [2.24, 2.45) is 11.3 Å². The molecule has 0 aliphatic carbocycles. The van der Waals surface area contributed by atoms with Crippen molar-refractivity contribution in [2.75, 3.05) is 13.2 Å². The van der Waals surface area contributed by atoms with Crippen LogP contribution in [0.25, 0.3) is 0 Å². The van der Waals surface area contributed by atoms with E-state index in [1.807, 2.05) is 13.8 Å². The van der Waals surface area contributed by atoms with Crippen molar-refractivity contribution in [1.29, 1.82) is 0 Å². The van der Waals surface area contributed by atoms with Gasteiger partial charge in [-0.05, 0) is 24.0 Å². The summed E-state index contributed by atoms with van der Waals surface area (Å²) in [6.45, 7) is 3.42. The molecule has 0 spiro atoms. The number of halogens is 2. The molecule has 2 nitrogen and oxygen atoms in total. The molecule has 0 amide bonds. The average Bonchev–Trinajstić information content (AvgIpc) is 2.31. The molecule has 1 aromatic rings. The van der Waals surface area contributed by atoms with Gasteiger partial charge in [-0.15, -0.1) is 0 Å². The lowest BCUT2D eigenvalue weighted by Gasteiger charge is -2.34. The Morgan fingerprint density at radius 3 is 2.35 bits per heavy atom. The third-order valence-corrected chi connectivity index (χ3v) is 3.72. The smallest absolute Gasteiger partial charge is 0.144 e. The molecule has 0 aromatic heterocycles. The first kappa shape index (κ1) is 14.4. The van der Waals surface area contributed by atoms with E-state index < -0.39 is 11.2 Å². The molecule has 0 radical (unpaired) electrons. The summed E-state index contributed by atoms with van der Waals surface area (Å²) in [6, 6.07) is 4.78. The third kappa shape index (κ3) is 2.97. The van der Waals surface area contributed by atoms with Gasteiger partial charge in [0.1, 0.15) is 5.82 Å². The summed E-state index contributed by atoms with van der Waals surface area (Å²) in [5.41, 5.74) is -0.291. The highest BCUT2D eigenvalue weighted by Gasteiger charge is 2.33. The Balaban J connectivity index is 3.06. The first-order valence-electron chi connectivity index (χ1n) is 5.61. The maximum atomic E-state index is 13.8. The quantitative estimate of drug-likeness (QED) is 0.855. The summed E-state index contributed by atoms with van der Waals surface area (Å²) in [4.78, 5) is 0. The molecule has 0 saturated heterocycles. The van der Waals surface area contributed by atoms with Crippen molar-refractivity contribution >= 4 is 11.6 Å². The molecule has 0 bridgehead atoms. The molecule has 17 heavy (non-hydrogen) atoms. The molecule has 0 atom stereocenters. The fourth-order valence-electron chi connectivity index (χ4n) is 1.80. The van der Waals surface area contributed by atoms with Gasteiger partial charge in [-0.3, -0.25) is 0 Å². The monoisotopic (exact) mass is 260 g/mol. The predicted molar refractivity (Wildman–Crippen MR) is 66.6 cm³/mol. The summed E-state index contributed by atoms with van der Waals surface area (Å²) < 4.78 is 13.8. The van der Waals surface area contributed by atoms with Crippen LogP contribution in [0.4, 0.5) is 4.39 Å². The highest BCUT2D eigenvalue weighted by Crippen LogP contribution is 2.33.